The molecule has 0 saturated heterocycles. The Bertz CT molecular complexity index is 508. The molecule has 0 aliphatic carbocycles. The van der Waals surface area contributed by atoms with Crippen molar-refractivity contribution in [1.29, 1.82) is 0 Å². The van der Waals surface area contributed by atoms with Crippen LogP contribution < -0.4 is 15.6 Å². The maximum atomic E-state index is 11.3. The van der Waals surface area contributed by atoms with E-state index in [0.717, 1.165) is 6.26 Å². The number of aromatic amines is 1. The SMILES string of the molecule is COc1c(NCCS(C)(=O)=O)nc[nH]c1=O. The fourth-order valence-corrected chi connectivity index (χ4v) is 1.53. The van der Waals surface area contributed by atoms with Gasteiger partial charge >= 0.3 is 0 Å². The number of methoxy groups -OCH3 is 1. The van der Waals surface area contributed by atoms with Gasteiger partial charge in [0.15, 0.2) is 5.82 Å². The Morgan fingerprint density at radius 1 is 1.56 bits per heavy atom. The molecular weight excluding hydrogens is 234 g/mol. The summed E-state index contributed by atoms with van der Waals surface area (Å²) in [5.74, 6) is 0.232. The number of aromatic nitrogens is 2. The molecule has 0 aliphatic rings. The zero-order valence-electron chi connectivity index (χ0n) is 8.98. The maximum Gasteiger partial charge on any atom is 0.295 e. The summed E-state index contributed by atoms with van der Waals surface area (Å²) in [5, 5.41) is 2.73. The second-order valence-corrected chi connectivity index (χ2v) is 5.43. The normalized spacial score (nSPS) is 11.1. The first-order chi connectivity index (χ1) is 7.44. The molecule has 0 saturated carbocycles. The second-order valence-electron chi connectivity index (χ2n) is 3.17. The summed E-state index contributed by atoms with van der Waals surface area (Å²) >= 11 is 0. The summed E-state index contributed by atoms with van der Waals surface area (Å²) in [6, 6.07) is 0. The van der Waals surface area contributed by atoms with Gasteiger partial charge < -0.3 is 15.0 Å². The Morgan fingerprint density at radius 3 is 2.81 bits per heavy atom. The molecule has 0 amide bonds. The number of H-pyrrole nitrogens is 1. The molecule has 0 aromatic carbocycles. The Hall–Kier alpha value is -1.57. The molecule has 1 rings (SSSR count). The average molecular weight is 247 g/mol. The van der Waals surface area contributed by atoms with Gasteiger partial charge in [-0.25, -0.2) is 13.4 Å². The predicted molar refractivity (Wildman–Crippen MR) is 59.6 cm³/mol. The summed E-state index contributed by atoms with van der Waals surface area (Å²) in [4.78, 5) is 17.4. The molecule has 0 radical (unpaired) electrons. The van der Waals surface area contributed by atoms with Gasteiger partial charge in [-0.2, -0.15) is 0 Å². The van der Waals surface area contributed by atoms with E-state index < -0.39 is 15.4 Å². The molecule has 1 aromatic rings. The summed E-state index contributed by atoms with van der Waals surface area (Å²) in [7, 11) is -1.70. The highest BCUT2D eigenvalue weighted by Gasteiger charge is 2.09. The van der Waals surface area contributed by atoms with Gasteiger partial charge in [-0.15, -0.1) is 0 Å². The highest BCUT2D eigenvalue weighted by molar-refractivity contribution is 7.90. The van der Waals surface area contributed by atoms with Crippen LogP contribution in [0.25, 0.3) is 0 Å². The van der Waals surface area contributed by atoms with Crippen LogP contribution in [-0.4, -0.2) is 44.0 Å². The summed E-state index contributed by atoms with van der Waals surface area (Å²) in [6.45, 7) is 0.172. The van der Waals surface area contributed by atoms with Crippen LogP contribution in [0, 0.1) is 0 Å². The molecule has 0 spiro atoms. The molecule has 90 valence electrons. The quantitative estimate of drug-likeness (QED) is 0.709. The molecular formula is C8H13N3O4S. The van der Waals surface area contributed by atoms with Crippen molar-refractivity contribution in [3.63, 3.8) is 0 Å². The van der Waals surface area contributed by atoms with Gasteiger partial charge in [0.1, 0.15) is 9.84 Å². The van der Waals surface area contributed by atoms with Crippen molar-refractivity contribution in [2.75, 3.05) is 31.0 Å². The van der Waals surface area contributed by atoms with Gasteiger partial charge in [0, 0.05) is 12.8 Å². The van der Waals surface area contributed by atoms with Crippen LogP contribution in [-0.2, 0) is 9.84 Å². The fraction of sp³-hybridized carbons (Fsp3) is 0.500. The zero-order chi connectivity index (χ0) is 12.2. The first-order valence-corrected chi connectivity index (χ1v) is 6.53. The fourth-order valence-electron chi connectivity index (χ4n) is 1.06. The van der Waals surface area contributed by atoms with Crippen molar-refractivity contribution >= 4 is 15.7 Å². The average Bonchev–Trinajstić information content (AvgIpc) is 2.16. The van der Waals surface area contributed by atoms with E-state index in [1.165, 1.54) is 13.4 Å². The monoisotopic (exact) mass is 247 g/mol. The summed E-state index contributed by atoms with van der Waals surface area (Å²) < 4.78 is 26.6. The topological polar surface area (TPSA) is 101 Å². The van der Waals surface area contributed by atoms with Crippen molar-refractivity contribution in [1.82, 2.24) is 9.97 Å². The van der Waals surface area contributed by atoms with E-state index in [2.05, 4.69) is 15.3 Å². The number of rotatable bonds is 5. The standard InChI is InChI=1S/C8H13N3O4S/c1-15-6-7(10-5-11-8(6)12)9-3-4-16(2,13)14/h5H,3-4H2,1-2H3,(H2,9,10,11,12). The molecule has 0 fully saturated rings. The highest BCUT2D eigenvalue weighted by atomic mass is 32.2. The first kappa shape index (κ1) is 12.5. The van der Waals surface area contributed by atoms with Gasteiger partial charge in [-0.1, -0.05) is 0 Å². The van der Waals surface area contributed by atoms with Crippen molar-refractivity contribution in [2.45, 2.75) is 0 Å². The number of anilines is 1. The molecule has 1 heterocycles. The lowest BCUT2D eigenvalue weighted by Gasteiger charge is -2.07. The lowest BCUT2D eigenvalue weighted by Crippen LogP contribution is -2.18. The van der Waals surface area contributed by atoms with E-state index in [0.29, 0.717) is 0 Å². The number of ether oxygens (including phenoxy) is 1. The number of hydrogen-bond acceptors (Lipinski definition) is 6. The number of hydrogen-bond donors (Lipinski definition) is 2. The minimum absolute atomic E-state index is 0.0371. The van der Waals surface area contributed by atoms with Gasteiger partial charge in [-0.05, 0) is 0 Å². The van der Waals surface area contributed by atoms with Crippen LogP contribution in [0.4, 0.5) is 5.82 Å². The molecule has 0 aliphatic heterocycles. The van der Waals surface area contributed by atoms with Crippen LogP contribution in [0.1, 0.15) is 0 Å². The van der Waals surface area contributed by atoms with E-state index in [9.17, 15) is 13.2 Å². The van der Waals surface area contributed by atoms with Gasteiger partial charge in [0.05, 0.1) is 19.2 Å². The molecule has 0 bridgehead atoms. The van der Waals surface area contributed by atoms with E-state index in [1.54, 1.807) is 0 Å². The molecule has 2 N–H and O–H groups in total. The molecule has 1 aromatic heterocycles. The molecule has 7 nitrogen and oxygen atoms in total. The third-order valence-corrected chi connectivity index (χ3v) is 2.73. The lowest BCUT2D eigenvalue weighted by atomic mass is 10.5. The number of nitrogens with zero attached hydrogens (tertiary/aromatic N) is 1. The highest BCUT2D eigenvalue weighted by Crippen LogP contribution is 2.13. The van der Waals surface area contributed by atoms with Crippen LogP contribution >= 0.6 is 0 Å². The van der Waals surface area contributed by atoms with E-state index in [1.807, 2.05) is 0 Å². The largest absolute Gasteiger partial charge is 0.489 e. The first-order valence-electron chi connectivity index (χ1n) is 4.47. The van der Waals surface area contributed by atoms with Crippen molar-refractivity contribution in [3.8, 4) is 5.75 Å². The third kappa shape index (κ3) is 3.54. The Morgan fingerprint density at radius 2 is 2.25 bits per heavy atom. The summed E-state index contributed by atoms with van der Waals surface area (Å²) in [6.07, 6.45) is 2.35. The smallest absolute Gasteiger partial charge is 0.295 e. The Balaban J connectivity index is 2.75. The maximum absolute atomic E-state index is 11.3. The van der Waals surface area contributed by atoms with Crippen molar-refractivity contribution in [3.05, 3.63) is 16.7 Å². The van der Waals surface area contributed by atoms with E-state index >= 15 is 0 Å². The third-order valence-electron chi connectivity index (χ3n) is 1.78. The van der Waals surface area contributed by atoms with Gasteiger partial charge in [0.2, 0.25) is 5.75 Å². The molecule has 0 unspecified atom stereocenters. The van der Waals surface area contributed by atoms with Crippen LogP contribution in [0.2, 0.25) is 0 Å². The Kier molecular flexibility index (Phi) is 3.88. The summed E-state index contributed by atoms with van der Waals surface area (Å²) in [5.41, 5.74) is -0.417. The van der Waals surface area contributed by atoms with Crippen LogP contribution in [0.5, 0.6) is 5.75 Å². The molecule has 16 heavy (non-hydrogen) atoms. The van der Waals surface area contributed by atoms with Crippen molar-refractivity contribution < 1.29 is 13.2 Å². The number of nitrogens with one attached hydrogen (secondary N) is 2. The Labute approximate surface area is 92.8 Å². The van der Waals surface area contributed by atoms with E-state index in [4.69, 9.17) is 4.74 Å². The second kappa shape index (κ2) is 4.97. The van der Waals surface area contributed by atoms with Crippen molar-refractivity contribution in [2.24, 2.45) is 0 Å². The molecule has 0 atom stereocenters. The zero-order valence-corrected chi connectivity index (χ0v) is 9.80. The van der Waals surface area contributed by atoms with E-state index in [-0.39, 0.29) is 23.9 Å². The van der Waals surface area contributed by atoms with Crippen LogP contribution in [0.3, 0.4) is 0 Å². The number of sulfone groups is 1. The predicted octanol–water partition coefficient (Wildman–Crippen LogP) is -0.765. The minimum atomic E-state index is -3.04. The lowest BCUT2D eigenvalue weighted by molar-refractivity contribution is 0.408. The van der Waals surface area contributed by atoms with Crippen LogP contribution in [0.15, 0.2) is 11.1 Å². The van der Waals surface area contributed by atoms with Gasteiger partial charge in [-0.3, -0.25) is 4.79 Å². The van der Waals surface area contributed by atoms with Gasteiger partial charge in [0.25, 0.3) is 5.56 Å². The molecule has 8 heteroatoms. The minimum Gasteiger partial charge on any atom is -0.489 e.